The molecule has 0 saturated carbocycles. The van der Waals surface area contributed by atoms with Crippen LogP contribution in [0.15, 0.2) is 67.0 Å². The quantitative estimate of drug-likeness (QED) is 0.475. The van der Waals surface area contributed by atoms with Crippen LogP contribution in [0.2, 0.25) is 0 Å². The molecule has 0 aliphatic carbocycles. The zero-order chi connectivity index (χ0) is 18.3. The van der Waals surface area contributed by atoms with Crippen LogP contribution in [0.4, 0.5) is 0 Å². The molecule has 0 radical (unpaired) electrons. The maximum absolute atomic E-state index is 12.6. The van der Waals surface area contributed by atoms with Crippen molar-refractivity contribution in [3.63, 3.8) is 0 Å². The number of fused-ring (bicyclic) bond motifs is 3. The highest BCUT2D eigenvalue weighted by Crippen LogP contribution is 2.31. The molecule has 4 rings (SSSR count). The Morgan fingerprint density at radius 1 is 0.962 bits per heavy atom. The smallest absolute Gasteiger partial charge is 0.359 e. The molecule has 4 nitrogen and oxygen atoms in total. The van der Waals surface area contributed by atoms with Gasteiger partial charge in [0.15, 0.2) is 5.69 Å². The molecule has 2 aromatic carbocycles. The molecule has 0 bridgehead atoms. The van der Waals surface area contributed by atoms with Crippen LogP contribution >= 0.6 is 0 Å². The second-order valence-electron chi connectivity index (χ2n) is 7.29. The molecule has 2 heterocycles. The van der Waals surface area contributed by atoms with Crippen LogP contribution in [-0.4, -0.2) is 21.0 Å². The van der Waals surface area contributed by atoms with Gasteiger partial charge in [0, 0.05) is 5.39 Å². The van der Waals surface area contributed by atoms with Gasteiger partial charge in [0.2, 0.25) is 0 Å². The molecule has 0 atom stereocenters. The number of ether oxygens (including phenoxy) is 1. The van der Waals surface area contributed by atoms with Crippen LogP contribution in [0.1, 0.15) is 31.3 Å². The zero-order valence-corrected chi connectivity index (χ0v) is 15.1. The zero-order valence-electron chi connectivity index (χ0n) is 15.1. The summed E-state index contributed by atoms with van der Waals surface area (Å²) in [5.74, 6) is -0.408. The molecule has 0 saturated heterocycles. The van der Waals surface area contributed by atoms with E-state index in [4.69, 9.17) is 4.74 Å². The van der Waals surface area contributed by atoms with Crippen LogP contribution in [0.5, 0.6) is 0 Å². The van der Waals surface area contributed by atoms with Gasteiger partial charge in [-0.2, -0.15) is 0 Å². The minimum Gasteiger partial charge on any atom is -0.455 e. The molecule has 0 amide bonds. The number of imidazole rings is 1. The van der Waals surface area contributed by atoms with Gasteiger partial charge in [0.05, 0.1) is 11.0 Å². The normalized spacial score (nSPS) is 11.8. The molecule has 26 heavy (non-hydrogen) atoms. The average molecular weight is 344 g/mol. The first-order valence-corrected chi connectivity index (χ1v) is 8.61. The van der Waals surface area contributed by atoms with Crippen molar-refractivity contribution in [2.24, 2.45) is 0 Å². The summed E-state index contributed by atoms with van der Waals surface area (Å²) in [7, 11) is 0. The Morgan fingerprint density at radius 3 is 2.38 bits per heavy atom. The van der Waals surface area contributed by atoms with Crippen LogP contribution in [-0.2, 0) is 4.74 Å². The third-order valence-electron chi connectivity index (χ3n) is 4.22. The van der Waals surface area contributed by atoms with E-state index in [0.717, 1.165) is 27.5 Å². The number of pyridine rings is 1. The Morgan fingerprint density at radius 2 is 1.65 bits per heavy atom. The van der Waals surface area contributed by atoms with Crippen molar-refractivity contribution >= 4 is 22.4 Å². The Labute approximate surface area is 152 Å². The van der Waals surface area contributed by atoms with Gasteiger partial charge in [0.25, 0.3) is 0 Å². The molecular weight excluding hydrogens is 324 g/mol. The standard InChI is InChI=1S/C22H20N2O2/c1-22(2,3)26-21(25)20-19-13-17(15-9-5-4-6-10-15)16-11-7-8-12-18(16)24(19)14-23-20/h4-14H,1-3H3. The number of hydrogen-bond acceptors (Lipinski definition) is 3. The van der Waals surface area contributed by atoms with Crippen molar-refractivity contribution in [2.45, 2.75) is 26.4 Å². The van der Waals surface area contributed by atoms with E-state index < -0.39 is 11.6 Å². The Hall–Kier alpha value is -3.14. The first-order chi connectivity index (χ1) is 12.4. The third kappa shape index (κ3) is 2.84. The largest absolute Gasteiger partial charge is 0.455 e. The van der Waals surface area contributed by atoms with Gasteiger partial charge >= 0.3 is 5.97 Å². The van der Waals surface area contributed by atoms with Crippen LogP contribution in [0, 0.1) is 0 Å². The molecule has 0 unspecified atom stereocenters. The van der Waals surface area contributed by atoms with Crippen LogP contribution < -0.4 is 0 Å². The maximum Gasteiger partial charge on any atom is 0.359 e. The minimum atomic E-state index is -0.563. The number of hydrogen-bond donors (Lipinski definition) is 0. The summed E-state index contributed by atoms with van der Waals surface area (Å²) >= 11 is 0. The fourth-order valence-electron chi connectivity index (χ4n) is 3.15. The summed E-state index contributed by atoms with van der Waals surface area (Å²) in [6.45, 7) is 5.57. The fraction of sp³-hybridized carbons (Fsp3) is 0.182. The van der Waals surface area contributed by atoms with E-state index in [0.29, 0.717) is 5.69 Å². The van der Waals surface area contributed by atoms with E-state index in [1.54, 1.807) is 6.33 Å². The van der Waals surface area contributed by atoms with E-state index >= 15 is 0 Å². The molecule has 0 aliphatic rings. The third-order valence-corrected chi connectivity index (χ3v) is 4.22. The van der Waals surface area contributed by atoms with E-state index in [1.807, 2.05) is 67.6 Å². The lowest BCUT2D eigenvalue weighted by molar-refractivity contribution is 0.00658. The highest BCUT2D eigenvalue weighted by Gasteiger charge is 2.23. The molecular formula is C22H20N2O2. The lowest BCUT2D eigenvalue weighted by Gasteiger charge is -2.18. The number of carbonyl (C=O) groups excluding carboxylic acids is 1. The Balaban J connectivity index is 1.99. The molecule has 4 aromatic rings. The minimum absolute atomic E-state index is 0.336. The number of rotatable bonds is 2. The van der Waals surface area contributed by atoms with Crippen LogP contribution in [0.25, 0.3) is 27.5 Å². The Kier molecular flexibility index (Phi) is 3.76. The van der Waals surface area contributed by atoms with Crippen molar-refractivity contribution in [3.8, 4) is 11.1 Å². The summed E-state index contributed by atoms with van der Waals surface area (Å²) in [4.78, 5) is 17.0. The van der Waals surface area contributed by atoms with E-state index in [-0.39, 0.29) is 0 Å². The van der Waals surface area contributed by atoms with Gasteiger partial charge in [-0.1, -0.05) is 48.5 Å². The summed E-state index contributed by atoms with van der Waals surface area (Å²) in [6.07, 6.45) is 1.69. The average Bonchev–Trinajstić information content (AvgIpc) is 3.05. The first kappa shape index (κ1) is 16.3. The van der Waals surface area contributed by atoms with Gasteiger partial charge in [-0.15, -0.1) is 0 Å². The summed E-state index contributed by atoms with van der Waals surface area (Å²) in [5.41, 5.74) is 3.69. The second kappa shape index (κ2) is 5.99. The highest BCUT2D eigenvalue weighted by molar-refractivity contribution is 6.02. The van der Waals surface area contributed by atoms with E-state index in [1.165, 1.54) is 0 Å². The molecule has 0 fully saturated rings. The molecule has 0 N–H and O–H groups in total. The van der Waals surface area contributed by atoms with Gasteiger partial charge < -0.3 is 4.74 Å². The molecule has 2 aromatic heterocycles. The Bertz CT molecular complexity index is 1110. The van der Waals surface area contributed by atoms with Crippen molar-refractivity contribution < 1.29 is 9.53 Å². The second-order valence-corrected chi connectivity index (χ2v) is 7.29. The molecule has 130 valence electrons. The monoisotopic (exact) mass is 344 g/mol. The van der Waals surface area contributed by atoms with Crippen molar-refractivity contribution in [1.29, 1.82) is 0 Å². The van der Waals surface area contributed by atoms with Gasteiger partial charge in [-0.05, 0) is 44.0 Å². The predicted octanol–water partition coefficient (Wildman–Crippen LogP) is 5.11. The van der Waals surface area contributed by atoms with E-state index in [9.17, 15) is 4.79 Å². The first-order valence-electron chi connectivity index (χ1n) is 8.61. The lowest BCUT2D eigenvalue weighted by atomic mass is 10.0. The number of carbonyl (C=O) groups is 1. The number of para-hydroxylation sites is 1. The van der Waals surface area contributed by atoms with Crippen molar-refractivity contribution in [1.82, 2.24) is 9.38 Å². The molecule has 0 aliphatic heterocycles. The fourth-order valence-corrected chi connectivity index (χ4v) is 3.15. The number of benzene rings is 2. The van der Waals surface area contributed by atoms with E-state index in [2.05, 4.69) is 23.2 Å². The predicted molar refractivity (Wildman–Crippen MR) is 103 cm³/mol. The maximum atomic E-state index is 12.6. The SMILES string of the molecule is CC(C)(C)OC(=O)c1ncn2c1cc(-c1ccccc1)c1ccccc12. The lowest BCUT2D eigenvalue weighted by Crippen LogP contribution is -2.24. The van der Waals surface area contributed by atoms with Gasteiger partial charge in [0.1, 0.15) is 11.9 Å². The topological polar surface area (TPSA) is 43.6 Å². The molecule has 0 spiro atoms. The van der Waals surface area contributed by atoms with Crippen molar-refractivity contribution in [2.75, 3.05) is 0 Å². The van der Waals surface area contributed by atoms with Crippen LogP contribution in [0.3, 0.4) is 0 Å². The number of aromatic nitrogens is 2. The van der Waals surface area contributed by atoms with Gasteiger partial charge in [-0.25, -0.2) is 9.78 Å². The summed E-state index contributed by atoms with van der Waals surface area (Å²) in [5, 5.41) is 1.11. The summed E-state index contributed by atoms with van der Waals surface area (Å²) < 4.78 is 7.48. The summed E-state index contributed by atoms with van der Waals surface area (Å²) in [6, 6.07) is 20.3. The highest BCUT2D eigenvalue weighted by atomic mass is 16.6. The number of esters is 1. The molecule has 4 heteroatoms. The number of nitrogens with zero attached hydrogens (tertiary/aromatic N) is 2. The van der Waals surface area contributed by atoms with Crippen molar-refractivity contribution in [3.05, 3.63) is 72.7 Å². The van der Waals surface area contributed by atoms with Gasteiger partial charge in [-0.3, -0.25) is 4.40 Å².